The van der Waals surface area contributed by atoms with Gasteiger partial charge >= 0.3 is 0 Å². The van der Waals surface area contributed by atoms with Crippen LogP contribution in [0.25, 0.3) is 0 Å². The average molecular weight is 277 g/mol. The lowest BCUT2D eigenvalue weighted by atomic mass is 10.1. The molecule has 20 heavy (non-hydrogen) atoms. The van der Waals surface area contributed by atoms with Gasteiger partial charge in [0, 0.05) is 30.1 Å². The van der Waals surface area contributed by atoms with E-state index in [-0.39, 0.29) is 23.3 Å². The van der Waals surface area contributed by atoms with E-state index in [1.807, 2.05) is 0 Å². The van der Waals surface area contributed by atoms with Gasteiger partial charge in [-0.05, 0) is 18.2 Å². The van der Waals surface area contributed by atoms with E-state index >= 15 is 0 Å². The van der Waals surface area contributed by atoms with Gasteiger partial charge in [-0.25, -0.2) is 0 Å². The smallest absolute Gasteiger partial charge is 0.251 e. The van der Waals surface area contributed by atoms with Crippen molar-refractivity contribution in [3.8, 4) is 0 Å². The first-order valence-corrected chi connectivity index (χ1v) is 6.37. The van der Waals surface area contributed by atoms with Gasteiger partial charge in [-0.3, -0.25) is 14.4 Å². The van der Waals surface area contributed by atoms with Crippen molar-refractivity contribution in [3.05, 3.63) is 35.4 Å². The van der Waals surface area contributed by atoms with Crippen LogP contribution in [-0.2, 0) is 4.79 Å². The first-order chi connectivity index (χ1) is 9.41. The maximum absolute atomic E-state index is 11.8. The quantitative estimate of drug-likeness (QED) is 0.651. The summed E-state index contributed by atoms with van der Waals surface area (Å²) in [5.74, 6) is -1.04. The number of amides is 3. The summed E-state index contributed by atoms with van der Waals surface area (Å²) in [5.41, 5.74) is 5.79. The number of hydrogen-bond donors (Lipinski definition) is 3. The molecular weight excluding hydrogens is 258 g/mol. The molecule has 1 rings (SSSR count). The van der Waals surface area contributed by atoms with Gasteiger partial charge < -0.3 is 16.4 Å². The molecule has 3 amide bonds. The van der Waals surface area contributed by atoms with E-state index in [1.165, 1.54) is 6.07 Å². The maximum Gasteiger partial charge on any atom is 0.251 e. The summed E-state index contributed by atoms with van der Waals surface area (Å²) in [4.78, 5) is 34.1. The molecule has 6 heteroatoms. The van der Waals surface area contributed by atoms with Crippen LogP contribution < -0.4 is 16.4 Å². The molecule has 0 atom stereocenters. The molecule has 0 aliphatic heterocycles. The molecule has 4 N–H and O–H groups in total. The van der Waals surface area contributed by atoms with Crippen LogP contribution >= 0.6 is 0 Å². The molecule has 1 aromatic carbocycles. The summed E-state index contributed by atoms with van der Waals surface area (Å²) >= 11 is 0. The fourth-order valence-electron chi connectivity index (χ4n) is 1.48. The zero-order chi connectivity index (χ0) is 15.1. The van der Waals surface area contributed by atoms with Crippen LogP contribution in [-0.4, -0.2) is 30.8 Å². The summed E-state index contributed by atoms with van der Waals surface area (Å²) < 4.78 is 0. The zero-order valence-electron chi connectivity index (χ0n) is 11.6. The van der Waals surface area contributed by atoms with Gasteiger partial charge in [-0.1, -0.05) is 19.9 Å². The Morgan fingerprint density at radius 3 is 2.30 bits per heavy atom. The lowest BCUT2D eigenvalue weighted by Crippen LogP contribution is -2.36. The molecule has 0 spiro atoms. The lowest BCUT2D eigenvalue weighted by Gasteiger charge is -2.09. The summed E-state index contributed by atoms with van der Waals surface area (Å²) in [7, 11) is 0. The maximum atomic E-state index is 11.8. The highest BCUT2D eigenvalue weighted by atomic mass is 16.2. The Balaban J connectivity index is 2.45. The Labute approximate surface area is 117 Å². The number of benzene rings is 1. The minimum absolute atomic E-state index is 0.0602. The minimum atomic E-state index is -0.580. The predicted octanol–water partition coefficient (Wildman–Crippen LogP) is 0.287. The van der Waals surface area contributed by atoms with E-state index in [2.05, 4.69) is 10.6 Å². The number of rotatable bonds is 6. The van der Waals surface area contributed by atoms with E-state index in [1.54, 1.807) is 32.0 Å². The van der Waals surface area contributed by atoms with Gasteiger partial charge in [0.05, 0.1) is 0 Å². The molecule has 0 saturated heterocycles. The van der Waals surface area contributed by atoms with Crippen molar-refractivity contribution in [2.75, 3.05) is 13.1 Å². The second kappa shape index (κ2) is 7.28. The van der Waals surface area contributed by atoms with Crippen molar-refractivity contribution in [3.63, 3.8) is 0 Å². The number of carbonyl (C=O) groups is 3. The molecule has 0 unspecified atom stereocenters. The summed E-state index contributed by atoms with van der Waals surface area (Å²) in [6.45, 7) is 4.27. The van der Waals surface area contributed by atoms with Crippen molar-refractivity contribution in [2.24, 2.45) is 11.7 Å². The molecule has 0 saturated carbocycles. The summed E-state index contributed by atoms with van der Waals surface area (Å²) in [6, 6.07) is 6.16. The second-order valence-electron chi connectivity index (χ2n) is 4.65. The van der Waals surface area contributed by atoms with Crippen LogP contribution in [0.3, 0.4) is 0 Å². The third-order valence-corrected chi connectivity index (χ3v) is 2.64. The summed E-state index contributed by atoms with van der Waals surface area (Å²) in [5, 5.41) is 5.34. The first kappa shape index (κ1) is 15.7. The van der Waals surface area contributed by atoms with Gasteiger partial charge in [0.15, 0.2) is 0 Å². The molecule has 108 valence electrons. The molecule has 0 aliphatic rings. The third kappa shape index (κ3) is 4.72. The molecule has 0 aromatic heterocycles. The van der Waals surface area contributed by atoms with E-state index in [4.69, 9.17) is 5.73 Å². The molecule has 0 fully saturated rings. The SMILES string of the molecule is CC(C)C(=O)NCCNC(=O)c1cccc(C(N)=O)c1. The highest BCUT2D eigenvalue weighted by molar-refractivity contribution is 5.99. The molecule has 0 heterocycles. The average Bonchev–Trinajstić information content (AvgIpc) is 2.43. The topological polar surface area (TPSA) is 101 Å². The van der Waals surface area contributed by atoms with E-state index < -0.39 is 5.91 Å². The molecule has 0 radical (unpaired) electrons. The fraction of sp³-hybridized carbons (Fsp3) is 0.357. The number of hydrogen-bond acceptors (Lipinski definition) is 3. The monoisotopic (exact) mass is 277 g/mol. The highest BCUT2D eigenvalue weighted by Crippen LogP contribution is 2.04. The van der Waals surface area contributed by atoms with E-state index in [0.29, 0.717) is 18.7 Å². The van der Waals surface area contributed by atoms with Crippen molar-refractivity contribution in [1.82, 2.24) is 10.6 Å². The standard InChI is InChI=1S/C14H19N3O3/c1-9(2)13(19)16-6-7-17-14(20)11-5-3-4-10(8-11)12(15)18/h3-5,8-9H,6-7H2,1-2H3,(H2,15,18)(H,16,19)(H,17,20). The fourth-order valence-corrected chi connectivity index (χ4v) is 1.48. The highest BCUT2D eigenvalue weighted by Gasteiger charge is 2.09. The number of nitrogens with one attached hydrogen (secondary N) is 2. The molecule has 0 aliphatic carbocycles. The van der Waals surface area contributed by atoms with Crippen LogP contribution in [0.4, 0.5) is 0 Å². The van der Waals surface area contributed by atoms with Crippen molar-refractivity contribution >= 4 is 17.7 Å². The van der Waals surface area contributed by atoms with E-state index in [9.17, 15) is 14.4 Å². The van der Waals surface area contributed by atoms with Crippen molar-refractivity contribution in [1.29, 1.82) is 0 Å². The first-order valence-electron chi connectivity index (χ1n) is 6.37. The summed E-state index contributed by atoms with van der Waals surface area (Å²) in [6.07, 6.45) is 0. The Bertz CT molecular complexity index is 512. The van der Waals surface area contributed by atoms with Crippen LogP contribution in [0.2, 0.25) is 0 Å². The Hall–Kier alpha value is -2.37. The number of nitrogens with two attached hydrogens (primary N) is 1. The molecule has 0 bridgehead atoms. The molecular formula is C14H19N3O3. The minimum Gasteiger partial charge on any atom is -0.366 e. The second-order valence-corrected chi connectivity index (χ2v) is 4.65. The van der Waals surface area contributed by atoms with Gasteiger partial charge in [0.2, 0.25) is 11.8 Å². The predicted molar refractivity (Wildman–Crippen MR) is 75.1 cm³/mol. The normalized spacial score (nSPS) is 10.2. The Morgan fingerprint density at radius 1 is 1.10 bits per heavy atom. The zero-order valence-corrected chi connectivity index (χ0v) is 11.6. The lowest BCUT2D eigenvalue weighted by molar-refractivity contribution is -0.123. The van der Waals surface area contributed by atoms with Crippen molar-refractivity contribution in [2.45, 2.75) is 13.8 Å². The molecule has 1 aromatic rings. The van der Waals surface area contributed by atoms with Gasteiger partial charge in [0.25, 0.3) is 5.91 Å². The van der Waals surface area contributed by atoms with Crippen molar-refractivity contribution < 1.29 is 14.4 Å². The van der Waals surface area contributed by atoms with Crippen LogP contribution in [0.1, 0.15) is 34.6 Å². The van der Waals surface area contributed by atoms with E-state index in [0.717, 1.165) is 0 Å². The Kier molecular flexibility index (Phi) is 5.71. The number of primary amides is 1. The van der Waals surface area contributed by atoms with Gasteiger partial charge in [-0.15, -0.1) is 0 Å². The van der Waals surface area contributed by atoms with Gasteiger partial charge in [-0.2, -0.15) is 0 Å². The molecule has 6 nitrogen and oxygen atoms in total. The largest absolute Gasteiger partial charge is 0.366 e. The van der Waals surface area contributed by atoms with Crippen LogP contribution in [0.5, 0.6) is 0 Å². The number of carbonyl (C=O) groups excluding carboxylic acids is 3. The third-order valence-electron chi connectivity index (χ3n) is 2.64. The van der Waals surface area contributed by atoms with Gasteiger partial charge in [0.1, 0.15) is 0 Å². The van der Waals surface area contributed by atoms with Crippen LogP contribution in [0, 0.1) is 5.92 Å². The van der Waals surface area contributed by atoms with Crippen LogP contribution in [0.15, 0.2) is 24.3 Å². The Morgan fingerprint density at radius 2 is 1.70 bits per heavy atom.